The van der Waals surface area contributed by atoms with Gasteiger partial charge in [0.15, 0.2) is 6.61 Å². The van der Waals surface area contributed by atoms with Crippen molar-refractivity contribution in [2.75, 3.05) is 17.5 Å². The number of carbonyl (C=O) groups excluding carboxylic acids is 1. The molecule has 0 aromatic heterocycles. The third kappa shape index (κ3) is 5.22. The Hall–Kier alpha value is -4.10. The summed E-state index contributed by atoms with van der Waals surface area (Å²) in [5.74, 6) is 0.189. The molecular formula is C30H28N2O4S. The van der Waals surface area contributed by atoms with E-state index in [0.717, 1.165) is 22.4 Å². The molecule has 0 saturated heterocycles. The lowest BCUT2D eigenvalue weighted by Gasteiger charge is -2.21. The molecule has 0 fully saturated rings. The molecule has 5 rings (SSSR count). The van der Waals surface area contributed by atoms with Crippen molar-refractivity contribution in [3.05, 3.63) is 125 Å². The molecular weight excluding hydrogens is 484 g/mol. The molecule has 7 heteroatoms. The highest BCUT2D eigenvalue weighted by Gasteiger charge is 2.31. The van der Waals surface area contributed by atoms with Crippen LogP contribution in [0, 0.1) is 6.92 Å². The fourth-order valence-electron chi connectivity index (χ4n) is 4.63. The summed E-state index contributed by atoms with van der Waals surface area (Å²) in [6.07, 6.45) is 0.692. The van der Waals surface area contributed by atoms with Gasteiger partial charge < -0.3 is 10.1 Å². The van der Waals surface area contributed by atoms with E-state index in [1.54, 1.807) is 19.1 Å². The Morgan fingerprint density at radius 3 is 2.16 bits per heavy atom. The highest BCUT2D eigenvalue weighted by molar-refractivity contribution is 7.92. The zero-order valence-corrected chi connectivity index (χ0v) is 21.3. The SMILES string of the molecule is Cc1cc(S(=O)(=O)N2CCc3ccccc32)ccc1OCC(=O)NC(c1ccccc1)c1ccccc1. The Balaban J connectivity index is 1.28. The summed E-state index contributed by atoms with van der Waals surface area (Å²) in [5.41, 5.74) is 4.33. The molecule has 4 aromatic carbocycles. The zero-order chi connectivity index (χ0) is 25.8. The molecule has 0 aliphatic carbocycles. The van der Waals surface area contributed by atoms with E-state index < -0.39 is 10.0 Å². The Bertz CT molecular complexity index is 1470. The van der Waals surface area contributed by atoms with Crippen LogP contribution in [0.1, 0.15) is 28.3 Å². The monoisotopic (exact) mass is 512 g/mol. The average molecular weight is 513 g/mol. The van der Waals surface area contributed by atoms with Crippen LogP contribution in [0.2, 0.25) is 0 Å². The second-order valence-corrected chi connectivity index (χ2v) is 10.9. The molecule has 1 heterocycles. The Morgan fingerprint density at radius 2 is 1.51 bits per heavy atom. The van der Waals surface area contributed by atoms with E-state index in [1.807, 2.05) is 84.9 Å². The molecule has 4 aromatic rings. The number of aryl methyl sites for hydroxylation is 1. The van der Waals surface area contributed by atoms with Crippen LogP contribution in [0.5, 0.6) is 5.75 Å². The maximum atomic E-state index is 13.3. The molecule has 1 aliphatic heterocycles. The fraction of sp³-hybridized carbons (Fsp3) is 0.167. The number of amides is 1. The van der Waals surface area contributed by atoms with Crippen molar-refractivity contribution in [3.63, 3.8) is 0 Å². The number of benzene rings is 4. The van der Waals surface area contributed by atoms with E-state index in [4.69, 9.17) is 4.74 Å². The summed E-state index contributed by atoms with van der Waals surface area (Å²) in [5, 5.41) is 3.05. The molecule has 6 nitrogen and oxygen atoms in total. The van der Waals surface area contributed by atoms with Gasteiger partial charge in [0, 0.05) is 6.54 Å². The van der Waals surface area contributed by atoms with E-state index >= 15 is 0 Å². The van der Waals surface area contributed by atoms with Gasteiger partial charge in [-0.2, -0.15) is 0 Å². The number of ether oxygens (including phenoxy) is 1. The maximum absolute atomic E-state index is 13.3. The number of para-hydroxylation sites is 1. The minimum Gasteiger partial charge on any atom is -0.484 e. The Morgan fingerprint density at radius 1 is 0.892 bits per heavy atom. The van der Waals surface area contributed by atoms with Crippen LogP contribution >= 0.6 is 0 Å². The first-order valence-corrected chi connectivity index (χ1v) is 13.6. The quantitative estimate of drug-likeness (QED) is 0.359. The highest BCUT2D eigenvalue weighted by atomic mass is 32.2. The van der Waals surface area contributed by atoms with Crippen molar-refractivity contribution in [3.8, 4) is 5.75 Å². The molecule has 1 aliphatic rings. The number of carbonyl (C=O) groups is 1. The van der Waals surface area contributed by atoms with Crippen LogP contribution in [0.3, 0.4) is 0 Å². The third-order valence-corrected chi connectivity index (χ3v) is 8.32. The maximum Gasteiger partial charge on any atom is 0.264 e. The molecule has 0 radical (unpaired) electrons. The normalized spacial score (nSPS) is 12.9. The van der Waals surface area contributed by atoms with E-state index in [0.29, 0.717) is 24.3 Å². The molecule has 0 bridgehead atoms. The van der Waals surface area contributed by atoms with E-state index in [9.17, 15) is 13.2 Å². The van der Waals surface area contributed by atoms with Crippen molar-refractivity contribution in [2.45, 2.75) is 24.3 Å². The number of nitrogens with one attached hydrogen (secondary N) is 1. The average Bonchev–Trinajstić information content (AvgIpc) is 3.37. The summed E-state index contributed by atoms with van der Waals surface area (Å²) < 4.78 is 33.9. The van der Waals surface area contributed by atoms with E-state index in [2.05, 4.69) is 5.32 Å². The van der Waals surface area contributed by atoms with Gasteiger partial charge in [-0.3, -0.25) is 9.10 Å². The van der Waals surface area contributed by atoms with Gasteiger partial charge in [0.25, 0.3) is 15.9 Å². The van der Waals surface area contributed by atoms with E-state index in [-0.39, 0.29) is 23.5 Å². The zero-order valence-electron chi connectivity index (χ0n) is 20.5. The lowest BCUT2D eigenvalue weighted by atomic mass is 9.99. The molecule has 37 heavy (non-hydrogen) atoms. The topological polar surface area (TPSA) is 75.7 Å². The largest absolute Gasteiger partial charge is 0.484 e. The standard InChI is InChI=1S/C30H28N2O4S/c1-22-20-26(37(34,35)32-19-18-23-10-8-9-15-27(23)32)16-17-28(22)36-21-29(33)31-30(24-11-4-2-5-12-24)25-13-6-3-7-14-25/h2-17,20,30H,18-19,21H2,1H3,(H,31,33). The van der Waals surface area contributed by atoms with Gasteiger partial charge >= 0.3 is 0 Å². The highest BCUT2D eigenvalue weighted by Crippen LogP contribution is 2.33. The van der Waals surface area contributed by atoms with Gasteiger partial charge in [-0.15, -0.1) is 0 Å². The first kappa shape index (κ1) is 24.6. The number of fused-ring (bicyclic) bond motifs is 1. The molecule has 0 spiro atoms. The summed E-state index contributed by atoms with van der Waals surface area (Å²) in [7, 11) is -3.70. The first-order chi connectivity index (χ1) is 17.9. The third-order valence-electron chi connectivity index (χ3n) is 6.51. The minimum absolute atomic E-state index is 0.192. The van der Waals surface area contributed by atoms with Crippen LogP contribution < -0.4 is 14.4 Å². The van der Waals surface area contributed by atoms with Gasteiger partial charge in [-0.05, 0) is 59.9 Å². The smallest absolute Gasteiger partial charge is 0.264 e. The summed E-state index contributed by atoms with van der Waals surface area (Å²) >= 11 is 0. The van der Waals surface area contributed by atoms with Crippen molar-refractivity contribution >= 4 is 21.6 Å². The minimum atomic E-state index is -3.70. The van der Waals surface area contributed by atoms with Gasteiger partial charge in [0.2, 0.25) is 0 Å². The molecule has 1 N–H and O–H groups in total. The summed E-state index contributed by atoms with van der Waals surface area (Å²) in [4.78, 5) is 13.1. The molecule has 188 valence electrons. The number of hydrogen-bond donors (Lipinski definition) is 1. The van der Waals surface area contributed by atoms with Gasteiger partial charge in [0.1, 0.15) is 5.75 Å². The Labute approximate surface area is 217 Å². The van der Waals surface area contributed by atoms with Crippen LogP contribution in [-0.2, 0) is 21.2 Å². The number of rotatable bonds is 8. The fourth-order valence-corrected chi connectivity index (χ4v) is 6.21. The van der Waals surface area contributed by atoms with Crippen LogP contribution in [0.15, 0.2) is 108 Å². The van der Waals surface area contributed by atoms with Gasteiger partial charge in [0.05, 0.1) is 16.6 Å². The molecule has 0 atom stereocenters. The van der Waals surface area contributed by atoms with Gasteiger partial charge in [-0.1, -0.05) is 78.9 Å². The molecule has 0 unspecified atom stereocenters. The molecule has 0 saturated carbocycles. The van der Waals surface area contributed by atoms with Crippen molar-refractivity contribution in [1.82, 2.24) is 5.32 Å². The first-order valence-electron chi connectivity index (χ1n) is 12.2. The summed E-state index contributed by atoms with van der Waals surface area (Å²) in [6, 6.07) is 31.5. The molecule has 1 amide bonds. The van der Waals surface area contributed by atoms with Gasteiger partial charge in [-0.25, -0.2) is 8.42 Å². The van der Waals surface area contributed by atoms with Crippen molar-refractivity contribution < 1.29 is 17.9 Å². The number of anilines is 1. The predicted molar refractivity (Wildman–Crippen MR) is 144 cm³/mol. The van der Waals surface area contributed by atoms with Crippen molar-refractivity contribution in [2.24, 2.45) is 0 Å². The second kappa shape index (κ2) is 10.5. The van der Waals surface area contributed by atoms with Crippen LogP contribution in [0.25, 0.3) is 0 Å². The number of hydrogen-bond acceptors (Lipinski definition) is 4. The number of nitrogens with zero attached hydrogens (tertiary/aromatic N) is 1. The lowest BCUT2D eigenvalue weighted by Crippen LogP contribution is -2.33. The summed E-state index contributed by atoms with van der Waals surface area (Å²) in [6.45, 7) is 2.01. The predicted octanol–water partition coefficient (Wildman–Crippen LogP) is 5.03. The van der Waals surface area contributed by atoms with Crippen LogP contribution in [0.4, 0.5) is 5.69 Å². The Kier molecular flexibility index (Phi) is 6.97. The van der Waals surface area contributed by atoms with E-state index in [1.165, 1.54) is 10.4 Å². The lowest BCUT2D eigenvalue weighted by molar-refractivity contribution is -0.123. The van der Waals surface area contributed by atoms with Crippen molar-refractivity contribution in [1.29, 1.82) is 0 Å². The number of sulfonamides is 1. The van der Waals surface area contributed by atoms with Crippen LogP contribution in [-0.4, -0.2) is 27.5 Å². The second-order valence-electron chi connectivity index (χ2n) is 8.99.